The van der Waals surface area contributed by atoms with Gasteiger partial charge >= 0.3 is 0 Å². The first kappa shape index (κ1) is 16.6. The lowest BCUT2D eigenvalue weighted by Gasteiger charge is -2.06. The van der Waals surface area contributed by atoms with Crippen LogP contribution in [0.3, 0.4) is 0 Å². The van der Waals surface area contributed by atoms with Crippen LogP contribution in [0.1, 0.15) is 37.3 Å². The minimum Gasteiger partial charge on any atom is -0.468 e. The molecule has 3 nitrogen and oxygen atoms in total. The Morgan fingerprint density at radius 3 is 2.67 bits per heavy atom. The van der Waals surface area contributed by atoms with Crippen molar-refractivity contribution in [3.63, 3.8) is 0 Å². The van der Waals surface area contributed by atoms with Gasteiger partial charge in [0.05, 0.1) is 0 Å². The molecule has 0 fully saturated rings. The molecule has 3 aromatic rings. The Morgan fingerprint density at radius 1 is 1.04 bits per heavy atom. The number of aryl methyl sites for hydroxylation is 2. The molecule has 0 saturated heterocycles. The minimum absolute atomic E-state index is 0.336. The molecule has 0 aliphatic heterocycles. The lowest BCUT2D eigenvalue weighted by Crippen LogP contribution is -1.93. The van der Waals surface area contributed by atoms with Gasteiger partial charge in [-0.25, -0.2) is 0 Å². The van der Waals surface area contributed by atoms with Crippen molar-refractivity contribution < 1.29 is 14.3 Å². The van der Waals surface area contributed by atoms with Gasteiger partial charge < -0.3 is 14.3 Å². The van der Waals surface area contributed by atoms with Crippen LogP contribution in [0.15, 0.2) is 46.9 Å². The Kier molecular flexibility index (Phi) is 5.21. The van der Waals surface area contributed by atoms with Gasteiger partial charge in [-0.1, -0.05) is 38.0 Å². The third-order valence-corrected chi connectivity index (χ3v) is 4.35. The second kappa shape index (κ2) is 7.54. The Balaban J connectivity index is 1.86. The lowest BCUT2D eigenvalue weighted by atomic mass is 10.00. The predicted molar refractivity (Wildman–Crippen MR) is 97.3 cm³/mol. The summed E-state index contributed by atoms with van der Waals surface area (Å²) in [5.74, 6) is 1.47. The van der Waals surface area contributed by atoms with Crippen molar-refractivity contribution in [1.82, 2.24) is 0 Å². The minimum atomic E-state index is -0.336. The zero-order chi connectivity index (χ0) is 16.9. The fourth-order valence-corrected chi connectivity index (χ4v) is 3.05. The molecule has 0 radical (unpaired) electrons. The van der Waals surface area contributed by atoms with E-state index in [0.29, 0.717) is 5.75 Å². The molecule has 1 aromatic heterocycles. The fraction of sp³-hybridized carbons (Fsp3) is 0.333. The average Bonchev–Trinajstić information content (AvgIpc) is 2.98. The van der Waals surface area contributed by atoms with Gasteiger partial charge in [0.15, 0.2) is 6.79 Å². The van der Waals surface area contributed by atoms with E-state index in [9.17, 15) is 0 Å². The molecule has 126 valence electrons. The molecule has 2 aromatic carbocycles. The number of rotatable bonds is 7. The van der Waals surface area contributed by atoms with Crippen LogP contribution >= 0.6 is 0 Å². The highest BCUT2D eigenvalue weighted by molar-refractivity contribution is 5.84. The Bertz CT molecular complexity index is 817. The summed E-state index contributed by atoms with van der Waals surface area (Å²) in [6.07, 6.45) is 4.91. The van der Waals surface area contributed by atoms with Crippen LogP contribution in [0.25, 0.3) is 22.3 Å². The largest absolute Gasteiger partial charge is 0.468 e. The van der Waals surface area contributed by atoms with Crippen molar-refractivity contribution in [3.8, 4) is 17.1 Å². The topological polar surface area (TPSA) is 42.6 Å². The molecule has 0 spiro atoms. The highest BCUT2D eigenvalue weighted by Gasteiger charge is 2.10. The first-order valence-electron chi connectivity index (χ1n) is 8.58. The number of aliphatic hydroxyl groups is 1. The second-order valence-electron chi connectivity index (χ2n) is 6.19. The van der Waals surface area contributed by atoms with Crippen molar-refractivity contribution in [1.29, 1.82) is 0 Å². The van der Waals surface area contributed by atoms with Crippen LogP contribution in [-0.2, 0) is 6.42 Å². The molecule has 0 aliphatic rings. The smallest absolute Gasteiger partial charge is 0.186 e. The quantitative estimate of drug-likeness (QED) is 0.463. The van der Waals surface area contributed by atoms with Gasteiger partial charge in [0, 0.05) is 17.0 Å². The van der Waals surface area contributed by atoms with Crippen LogP contribution in [0.2, 0.25) is 0 Å². The van der Waals surface area contributed by atoms with E-state index >= 15 is 0 Å². The van der Waals surface area contributed by atoms with E-state index < -0.39 is 0 Å². The number of ether oxygens (including phenoxy) is 1. The van der Waals surface area contributed by atoms with E-state index in [1.54, 1.807) is 0 Å². The van der Waals surface area contributed by atoms with Crippen LogP contribution in [0, 0.1) is 6.92 Å². The van der Waals surface area contributed by atoms with Gasteiger partial charge in [-0.2, -0.15) is 0 Å². The molecule has 0 bridgehead atoms. The van der Waals surface area contributed by atoms with Gasteiger partial charge in [0.25, 0.3) is 0 Å². The van der Waals surface area contributed by atoms with Crippen LogP contribution in [-0.4, -0.2) is 11.9 Å². The normalized spacial score (nSPS) is 11.1. The van der Waals surface area contributed by atoms with Crippen LogP contribution in [0.5, 0.6) is 5.75 Å². The molecule has 0 saturated carbocycles. The summed E-state index contributed by atoms with van der Waals surface area (Å²) in [6.45, 7) is 4.02. The van der Waals surface area contributed by atoms with E-state index in [4.69, 9.17) is 14.3 Å². The van der Waals surface area contributed by atoms with E-state index in [2.05, 4.69) is 38.1 Å². The number of unbranched alkanes of at least 4 members (excludes halogenated alkanes) is 2. The summed E-state index contributed by atoms with van der Waals surface area (Å²) < 4.78 is 11.1. The molecule has 0 unspecified atom stereocenters. The summed E-state index contributed by atoms with van der Waals surface area (Å²) in [4.78, 5) is 0. The summed E-state index contributed by atoms with van der Waals surface area (Å²) in [7, 11) is 0. The number of benzene rings is 2. The summed E-state index contributed by atoms with van der Waals surface area (Å²) in [5, 5.41) is 9.89. The molecule has 1 heterocycles. The highest BCUT2D eigenvalue weighted by Crippen LogP contribution is 2.32. The maximum absolute atomic E-state index is 8.86. The maximum atomic E-state index is 8.86. The molecule has 0 aliphatic carbocycles. The zero-order valence-corrected chi connectivity index (χ0v) is 14.3. The van der Waals surface area contributed by atoms with E-state index in [1.165, 1.54) is 30.4 Å². The number of hydrogen-bond donors (Lipinski definition) is 1. The molecule has 24 heavy (non-hydrogen) atoms. The Morgan fingerprint density at radius 2 is 1.92 bits per heavy atom. The molecule has 0 amide bonds. The highest BCUT2D eigenvalue weighted by atomic mass is 16.6. The van der Waals surface area contributed by atoms with E-state index in [-0.39, 0.29) is 6.79 Å². The van der Waals surface area contributed by atoms with Crippen molar-refractivity contribution in [2.24, 2.45) is 0 Å². The predicted octanol–water partition coefficient (Wildman–Crippen LogP) is 5.47. The standard InChI is InChI=1S/C21H24O3/c1-3-4-5-6-16-7-10-19(15(2)11-16)21-12-17-8-9-18(23-14-22)13-20(17)24-21/h7-13,22H,3-6,14H2,1-2H3. The third kappa shape index (κ3) is 3.62. The molecule has 0 atom stereocenters. The molecule has 3 rings (SSSR count). The second-order valence-corrected chi connectivity index (χ2v) is 6.19. The van der Waals surface area contributed by atoms with E-state index in [0.717, 1.165) is 28.7 Å². The van der Waals surface area contributed by atoms with Crippen molar-refractivity contribution in [3.05, 3.63) is 53.6 Å². The molecular formula is C21H24O3. The number of aliphatic hydroxyl groups excluding tert-OH is 1. The Labute approximate surface area is 142 Å². The van der Waals surface area contributed by atoms with E-state index in [1.807, 2.05) is 18.2 Å². The monoisotopic (exact) mass is 324 g/mol. The number of fused-ring (bicyclic) bond motifs is 1. The molecule has 1 N–H and O–H groups in total. The first-order chi connectivity index (χ1) is 11.7. The van der Waals surface area contributed by atoms with Crippen molar-refractivity contribution >= 4 is 11.0 Å². The van der Waals surface area contributed by atoms with Crippen LogP contribution < -0.4 is 4.74 Å². The van der Waals surface area contributed by atoms with Gasteiger partial charge in [-0.15, -0.1) is 0 Å². The molecular weight excluding hydrogens is 300 g/mol. The van der Waals surface area contributed by atoms with Crippen molar-refractivity contribution in [2.75, 3.05) is 6.79 Å². The summed E-state index contributed by atoms with van der Waals surface area (Å²) in [6, 6.07) is 14.3. The molecule has 3 heteroatoms. The summed E-state index contributed by atoms with van der Waals surface area (Å²) >= 11 is 0. The Hall–Kier alpha value is -2.26. The van der Waals surface area contributed by atoms with Gasteiger partial charge in [-0.3, -0.25) is 0 Å². The third-order valence-electron chi connectivity index (χ3n) is 4.35. The van der Waals surface area contributed by atoms with Gasteiger partial charge in [-0.05, 0) is 49.1 Å². The van der Waals surface area contributed by atoms with Gasteiger partial charge in [0.2, 0.25) is 0 Å². The number of furan rings is 1. The fourth-order valence-electron chi connectivity index (χ4n) is 3.05. The zero-order valence-electron chi connectivity index (χ0n) is 14.3. The van der Waals surface area contributed by atoms with Crippen LogP contribution in [0.4, 0.5) is 0 Å². The number of hydrogen-bond acceptors (Lipinski definition) is 3. The average molecular weight is 324 g/mol. The van der Waals surface area contributed by atoms with Crippen molar-refractivity contribution in [2.45, 2.75) is 39.5 Å². The maximum Gasteiger partial charge on any atom is 0.186 e. The SMILES string of the molecule is CCCCCc1ccc(-c2cc3ccc(OCO)cc3o2)c(C)c1. The summed E-state index contributed by atoms with van der Waals surface area (Å²) in [5.41, 5.74) is 4.51. The first-order valence-corrected chi connectivity index (χ1v) is 8.58. The lowest BCUT2D eigenvalue weighted by molar-refractivity contribution is 0.0986. The van der Waals surface area contributed by atoms with Gasteiger partial charge in [0.1, 0.15) is 17.1 Å².